The van der Waals surface area contributed by atoms with Crippen LogP contribution in [0.3, 0.4) is 0 Å². The number of para-hydroxylation sites is 3. The van der Waals surface area contributed by atoms with Crippen LogP contribution in [0.25, 0.3) is 21.9 Å². The highest BCUT2D eigenvalue weighted by Gasteiger charge is 2.28. The van der Waals surface area contributed by atoms with E-state index in [0.29, 0.717) is 0 Å². The van der Waals surface area contributed by atoms with E-state index in [1.807, 2.05) is 0 Å². The monoisotopic (exact) mass is 686 g/mol. The molecule has 0 fully saturated rings. The van der Waals surface area contributed by atoms with Gasteiger partial charge in [-0.15, -0.1) is 0 Å². The van der Waals surface area contributed by atoms with E-state index in [4.69, 9.17) is 0 Å². The van der Waals surface area contributed by atoms with Gasteiger partial charge in [0.1, 0.15) is 0 Å². The zero-order chi connectivity index (χ0) is 36.1. The lowest BCUT2D eigenvalue weighted by Gasteiger charge is -2.35. The average molecular weight is 687 g/mol. The molecule has 0 spiro atoms. The van der Waals surface area contributed by atoms with Crippen molar-refractivity contribution in [3.05, 3.63) is 205 Å². The molecular formula is C49H42N4. The summed E-state index contributed by atoms with van der Waals surface area (Å²) in [7, 11) is 0. The number of hydrazine groups is 1. The normalized spacial score (nSPS) is 10.9. The standard InChI is InChI=1S/C49H42N4/c1-35-20-18-32-44(37(35)3)51-53(42-29-14-7-15-30-42)49-36(2)34-46(52(40-25-10-5-11-26-40)41-27-12-6-13-28-41)47(39-22-8-4-9-23-39)48(49)50-45-33-19-24-38-21-16-17-31-43(38)45/h4-34,50-51H,1-3H3. The number of nitrogens with zero attached hydrogens (tertiary/aromatic N) is 2. The molecule has 8 aromatic carbocycles. The van der Waals surface area contributed by atoms with Gasteiger partial charge in [0.25, 0.3) is 0 Å². The van der Waals surface area contributed by atoms with Crippen LogP contribution in [0.15, 0.2) is 188 Å². The van der Waals surface area contributed by atoms with Crippen molar-refractivity contribution in [2.45, 2.75) is 20.8 Å². The molecule has 0 bridgehead atoms. The highest BCUT2D eigenvalue weighted by atomic mass is 15.5. The van der Waals surface area contributed by atoms with Crippen molar-refractivity contribution in [3.63, 3.8) is 0 Å². The largest absolute Gasteiger partial charge is 0.353 e. The van der Waals surface area contributed by atoms with Gasteiger partial charge in [0.2, 0.25) is 0 Å². The molecule has 0 atom stereocenters. The third-order valence-electron chi connectivity index (χ3n) is 9.93. The fourth-order valence-electron chi connectivity index (χ4n) is 7.14. The average Bonchev–Trinajstić information content (AvgIpc) is 3.21. The van der Waals surface area contributed by atoms with Crippen molar-refractivity contribution >= 4 is 56.3 Å². The van der Waals surface area contributed by atoms with Gasteiger partial charge in [-0.3, -0.25) is 10.4 Å². The van der Waals surface area contributed by atoms with Crippen LogP contribution in [0.2, 0.25) is 0 Å². The number of rotatable bonds is 10. The van der Waals surface area contributed by atoms with Crippen LogP contribution in [0.4, 0.5) is 45.5 Å². The molecule has 0 aliphatic carbocycles. The number of fused-ring (bicyclic) bond motifs is 1. The van der Waals surface area contributed by atoms with Gasteiger partial charge in [0.15, 0.2) is 0 Å². The second-order valence-electron chi connectivity index (χ2n) is 13.4. The summed E-state index contributed by atoms with van der Waals surface area (Å²) >= 11 is 0. The highest BCUT2D eigenvalue weighted by molar-refractivity contribution is 6.06. The second kappa shape index (κ2) is 14.8. The Kier molecular flexibility index (Phi) is 9.34. The first kappa shape index (κ1) is 33.4. The molecule has 0 saturated heterocycles. The van der Waals surface area contributed by atoms with Crippen molar-refractivity contribution in [1.82, 2.24) is 0 Å². The highest BCUT2D eigenvalue weighted by Crippen LogP contribution is 2.51. The van der Waals surface area contributed by atoms with E-state index in [-0.39, 0.29) is 0 Å². The van der Waals surface area contributed by atoms with E-state index in [2.05, 4.69) is 229 Å². The molecule has 0 aliphatic heterocycles. The predicted octanol–water partition coefficient (Wildman–Crippen LogP) is 13.8. The summed E-state index contributed by atoms with van der Waals surface area (Å²) in [5, 5.41) is 8.65. The fraction of sp³-hybridized carbons (Fsp3) is 0.0612. The van der Waals surface area contributed by atoms with Gasteiger partial charge in [-0.05, 0) is 103 Å². The number of anilines is 8. The summed E-state index contributed by atoms with van der Waals surface area (Å²) in [5.74, 6) is 0. The SMILES string of the molecule is Cc1cccc(NN(c2ccccc2)c2c(C)cc(N(c3ccccc3)c3ccccc3)c(-c3ccccc3)c2Nc2cccc3ccccc23)c1C. The van der Waals surface area contributed by atoms with Crippen molar-refractivity contribution in [3.8, 4) is 11.1 Å². The Morgan fingerprint density at radius 2 is 0.981 bits per heavy atom. The van der Waals surface area contributed by atoms with Crippen LogP contribution < -0.4 is 20.7 Å². The predicted molar refractivity (Wildman–Crippen MR) is 227 cm³/mol. The van der Waals surface area contributed by atoms with Gasteiger partial charge in [0, 0.05) is 28.0 Å². The molecule has 8 aromatic rings. The van der Waals surface area contributed by atoms with Crippen LogP contribution in [0.5, 0.6) is 0 Å². The molecule has 4 heteroatoms. The second-order valence-corrected chi connectivity index (χ2v) is 13.4. The van der Waals surface area contributed by atoms with Gasteiger partial charge in [0.05, 0.1) is 28.4 Å². The Hall–Kier alpha value is -6.78. The Morgan fingerprint density at radius 1 is 0.453 bits per heavy atom. The number of hydrogen-bond donors (Lipinski definition) is 2. The third kappa shape index (κ3) is 6.71. The van der Waals surface area contributed by atoms with Gasteiger partial charge >= 0.3 is 0 Å². The fourth-order valence-corrected chi connectivity index (χ4v) is 7.14. The third-order valence-corrected chi connectivity index (χ3v) is 9.93. The molecular weight excluding hydrogens is 645 g/mol. The molecule has 258 valence electrons. The van der Waals surface area contributed by atoms with E-state index < -0.39 is 0 Å². The zero-order valence-electron chi connectivity index (χ0n) is 30.3. The lowest BCUT2D eigenvalue weighted by Crippen LogP contribution is -2.27. The molecule has 0 aliphatic rings. The Labute approximate surface area is 312 Å². The summed E-state index contributed by atoms with van der Waals surface area (Å²) in [5.41, 5.74) is 17.9. The van der Waals surface area contributed by atoms with Gasteiger partial charge < -0.3 is 10.2 Å². The first-order valence-electron chi connectivity index (χ1n) is 18.1. The van der Waals surface area contributed by atoms with Crippen LogP contribution in [0, 0.1) is 20.8 Å². The maximum Gasteiger partial charge on any atom is 0.0902 e. The Morgan fingerprint density at radius 3 is 1.64 bits per heavy atom. The van der Waals surface area contributed by atoms with E-state index in [9.17, 15) is 0 Å². The topological polar surface area (TPSA) is 30.5 Å². The van der Waals surface area contributed by atoms with E-state index in [1.165, 1.54) is 16.5 Å². The van der Waals surface area contributed by atoms with Crippen molar-refractivity contribution < 1.29 is 0 Å². The number of hydrogen-bond acceptors (Lipinski definition) is 4. The molecule has 53 heavy (non-hydrogen) atoms. The van der Waals surface area contributed by atoms with Crippen molar-refractivity contribution in [2.75, 3.05) is 20.7 Å². The summed E-state index contributed by atoms with van der Waals surface area (Å²) < 4.78 is 0. The number of aryl methyl sites for hydroxylation is 2. The molecule has 0 amide bonds. The first-order chi connectivity index (χ1) is 26.1. The van der Waals surface area contributed by atoms with Crippen LogP contribution in [-0.4, -0.2) is 0 Å². The van der Waals surface area contributed by atoms with Gasteiger partial charge in [-0.1, -0.05) is 133 Å². The molecule has 4 nitrogen and oxygen atoms in total. The molecule has 0 heterocycles. The number of nitrogens with one attached hydrogen (secondary N) is 2. The maximum absolute atomic E-state index is 4.08. The zero-order valence-corrected chi connectivity index (χ0v) is 30.3. The summed E-state index contributed by atoms with van der Waals surface area (Å²) in [6.07, 6.45) is 0. The molecule has 0 radical (unpaired) electrons. The first-order valence-corrected chi connectivity index (χ1v) is 18.1. The molecule has 2 N–H and O–H groups in total. The summed E-state index contributed by atoms with van der Waals surface area (Å²) in [4.78, 5) is 2.37. The minimum atomic E-state index is 0.987. The van der Waals surface area contributed by atoms with Gasteiger partial charge in [-0.2, -0.15) is 0 Å². The van der Waals surface area contributed by atoms with Crippen molar-refractivity contribution in [2.24, 2.45) is 0 Å². The van der Waals surface area contributed by atoms with E-state index in [1.54, 1.807) is 0 Å². The minimum absolute atomic E-state index is 0.987. The molecule has 0 aromatic heterocycles. The molecule has 0 saturated carbocycles. The van der Waals surface area contributed by atoms with E-state index in [0.717, 1.165) is 67.6 Å². The van der Waals surface area contributed by atoms with Gasteiger partial charge in [-0.25, -0.2) is 0 Å². The quantitative estimate of drug-likeness (QED) is 0.140. The summed E-state index contributed by atoms with van der Waals surface area (Å²) in [6.45, 7) is 6.56. The lowest BCUT2D eigenvalue weighted by molar-refractivity contribution is 1.13. The maximum atomic E-state index is 4.08. The number of benzene rings is 8. The molecule has 8 rings (SSSR count). The Balaban J connectivity index is 1.49. The lowest BCUT2D eigenvalue weighted by atomic mass is 9.94. The minimum Gasteiger partial charge on any atom is -0.353 e. The smallest absolute Gasteiger partial charge is 0.0902 e. The summed E-state index contributed by atoms with van der Waals surface area (Å²) in [6, 6.07) is 66.5. The van der Waals surface area contributed by atoms with Crippen molar-refractivity contribution in [1.29, 1.82) is 0 Å². The Bertz CT molecular complexity index is 2430. The van der Waals surface area contributed by atoms with Crippen LogP contribution in [0.1, 0.15) is 16.7 Å². The van der Waals surface area contributed by atoms with Crippen LogP contribution >= 0.6 is 0 Å². The van der Waals surface area contributed by atoms with E-state index >= 15 is 0 Å². The molecule has 0 unspecified atom stereocenters. The van der Waals surface area contributed by atoms with Crippen LogP contribution in [-0.2, 0) is 0 Å².